The van der Waals surface area contributed by atoms with E-state index in [1.165, 1.54) is 7.05 Å². The maximum atomic E-state index is 10.6. The van der Waals surface area contributed by atoms with Gasteiger partial charge in [-0.2, -0.15) is 0 Å². The molecule has 172 valence electrons. The minimum absolute atomic E-state index is 0.0521. The predicted molar refractivity (Wildman–Crippen MR) is 104 cm³/mol. The van der Waals surface area contributed by atoms with Crippen LogP contribution in [0.2, 0.25) is 0 Å². The summed E-state index contributed by atoms with van der Waals surface area (Å²) >= 11 is 0. The van der Waals surface area contributed by atoms with Crippen LogP contribution in [-0.2, 0) is 7.05 Å². The third-order valence-electron chi connectivity index (χ3n) is 3.42. The first kappa shape index (κ1) is 24.5. The smallest absolute Gasteiger partial charge is 0.338 e. The lowest BCUT2D eigenvalue weighted by molar-refractivity contribution is 0.198. The number of H-pyrrole nitrogens is 5. The van der Waals surface area contributed by atoms with E-state index in [1.54, 1.807) is 11.9 Å². The van der Waals surface area contributed by atoms with Crippen LogP contribution in [0.1, 0.15) is 6.42 Å². The minimum Gasteiger partial charge on any atom is -0.338 e. The van der Waals surface area contributed by atoms with Gasteiger partial charge in [-0.3, -0.25) is 10.3 Å². The minimum atomic E-state index is -0.509. The number of urea groups is 3. The third kappa shape index (κ3) is 9.49. The van der Waals surface area contributed by atoms with Crippen LogP contribution in [0.4, 0.5) is 14.4 Å². The van der Waals surface area contributed by atoms with Crippen molar-refractivity contribution in [2.45, 2.75) is 6.42 Å². The molecule has 6 amide bonds. The molecule has 0 bridgehead atoms. The van der Waals surface area contributed by atoms with Gasteiger partial charge in [0.05, 0.1) is 6.67 Å². The first-order chi connectivity index (χ1) is 14.6. The van der Waals surface area contributed by atoms with Gasteiger partial charge < -0.3 is 20.9 Å². The van der Waals surface area contributed by atoms with Crippen LogP contribution in [0.15, 0.2) is 19.2 Å². The van der Waals surface area contributed by atoms with Gasteiger partial charge in [0.15, 0.2) is 0 Å². The summed E-state index contributed by atoms with van der Waals surface area (Å²) in [6, 6.07) is -0.848. The molecule has 0 atom stereocenters. The van der Waals surface area contributed by atoms with E-state index in [-0.39, 0.29) is 12.7 Å². The van der Waals surface area contributed by atoms with Crippen molar-refractivity contribution in [3.05, 3.63) is 41.9 Å². The standard InChI is InChI=1S/C5H10N2O.2C3H5N3O2.C2H3N3O2/c1-7-4-2-3-6-5(7)8;1-6-2(7)4-5-3(6)8;7-2-4-1-5-3(8)6-2;6-1-3-2(7)5-4-1/h2-4H2,1H3,(H,6,8);1H3,(H,4,7)(H,5,8);1H2,(H3,4,5,6,7,8);(H3,3,4,5,6,7). The van der Waals surface area contributed by atoms with E-state index < -0.39 is 34.8 Å². The van der Waals surface area contributed by atoms with Crippen LogP contribution >= 0.6 is 0 Å². The molecule has 4 rings (SSSR count). The Bertz CT molecular complexity index is 1020. The van der Waals surface area contributed by atoms with Crippen LogP contribution < -0.4 is 44.0 Å². The van der Waals surface area contributed by atoms with E-state index in [1.807, 2.05) is 20.5 Å². The maximum absolute atomic E-state index is 10.6. The molecular weight excluding hydrogens is 422 g/mol. The second kappa shape index (κ2) is 12.1. The van der Waals surface area contributed by atoms with Gasteiger partial charge in [-0.15, -0.1) is 0 Å². The zero-order valence-electron chi connectivity index (χ0n) is 16.6. The van der Waals surface area contributed by atoms with E-state index in [0.717, 1.165) is 24.1 Å². The van der Waals surface area contributed by atoms with E-state index in [0.29, 0.717) is 0 Å². The first-order valence-corrected chi connectivity index (χ1v) is 8.62. The number of aromatic amines is 5. The molecule has 2 aliphatic rings. The molecule has 2 aromatic heterocycles. The summed E-state index contributed by atoms with van der Waals surface area (Å²) < 4.78 is 0.944. The number of carbonyl (C=O) groups is 3. The first-order valence-electron chi connectivity index (χ1n) is 8.62. The maximum Gasteiger partial charge on any atom is 0.344 e. The zero-order chi connectivity index (χ0) is 23.4. The van der Waals surface area contributed by atoms with Gasteiger partial charge in [-0.25, -0.2) is 58.5 Å². The highest BCUT2D eigenvalue weighted by Crippen LogP contribution is 1.92. The molecule has 18 nitrogen and oxygen atoms in total. The van der Waals surface area contributed by atoms with Gasteiger partial charge in [0.1, 0.15) is 0 Å². The predicted octanol–water partition coefficient (Wildman–Crippen LogP) is -4.21. The van der Waals surface area contributed by atoms with Gasteiger partial charge in [0, 0.05) is 27.2 Å². The van der Waals surface area contributed by atoms with Crippen molar-refractivity contribution in [1.29, 1.82) is 0 Å². The Morgan fingerprint density at radius 2 is 1.23 bits per heavy atom. The summed E-state index contributed by atoms with van der Waals surface area (Å²) in [5.41, 5.74) is -1.86. The number of nitrogens with one attached hydrogen (secondary N) is 9. The highest BCUT2D eigenvalue weighted by Gasteiger charge is 2.11. The Kier molecular flexibility index (Phi) is 9.60. The highest BCUT2D eigenvalue weighted by atomic mass is 16.2. The summed E-state index contributed by atoms with van der Waals surface area (Å²) in [6.45, 7) is 1.94. The quantitative estimate of drug-likeness (QED) is 0.193. The largest absolute Gasteiger partial charge is 0.344 e. The summed E-state index contributed by atoms with van der Waals surface area (Å²) in [7, 11) is 3.19. The number of hydrogen-bond donors (Lipinski definition) is 9. The van der Waals surface area contributed by atoms with Crippen molar-refractivity contribution in [2.75, 3.05) is 26.8 Å². The summed E-state index contributed by atoms with van der Waals surface area (Å²) in [5, 5.41) is 17.6. The molecule has 0 saturated carbocycles. The molecule has 31 heavy (non-hydrogen) atoms. The summed E-state index contributed by atoms with van der Waals surface area (Å²) in [4.78, 5) is 75.1. The lowest BCUT2D eigenvalue weighted by Gasteiger charge is -2.22. The molecule has 2 aromatic rings. The average Bonchev–Trinajstić information content (AvgIpc) is 3.24. The Morgan fingerprint density at radius 1 is 0.710 bits per heavy atom. The van der Waals surface area contributed by atoms with Gasteiger partial charge >= 0.3 is 40.9 Å². The van der Waals surface area contributed by atoms with E-state index >= 15 is 0 Å². The van der Waals surface area contributed by atoms with Gasteiger partial charge in [-0.05, 0) is 6.42 Å². The number of imide groups is 1. The van der Waals surface area contributed by atoms with Crippen LogP contribution in [0.25, 0.3) is 0 Å². The van der Waals surface area contributed by atoms with Crippen molar-refractivity contribution in [3.8, 4) is 0 Å². The molecule has 2 aliphatic heterocycles. The van der Waals surface area contributed by atoms with Crippen molar-refractivity contribution in [2.24, 2.45) is 7.05 Å². The lowest BCUT2D eigenvalue weighted by Crippen LogP contribution is -2.55. The van der Waals surface area contributed by atoms with Crippen LogP contribution in [0.3, 0.4) is 0 Å². The topological polar surface area (TPSA) is 255 Å². The third-order valence-corrected chi connectivity index (χ3v) is 3.42. The number of nitrogens with zero attached hydrogens (tertiary/aromatic N) is 2. The lowest BCUT2D eigenvalue weighted by atomic mass is 10.3. The van der Waals surface area contributed by atoms with Gasteiger partial charge in [0.2, 0.25) is 0 Å². The molecule has 0 aromatic carbocycles. The van der Waals surface area contributed by atoms with Crippen molar-refractivity contribution in [3.63, 3.8) is 0 Å². The van der Waals surface area contributed by atoms with E-state index in [2.05, 4.69) is 26.1 Å². The Balaban J connectivity index is 0.000000207. The van der Waals surface area contributed by atoms with Crippen LogP contribution in [0, 0.1) is 0 Å². The van der Waals surface area contributed by atoms with Crippen LogP contribution in [0.5, 0.6) is 0 Å². The van der Waals surface area contributed by atoms with Crippen molar-refractivity contribution in [1.82, 2.24) is 56.1 Å². The van der Waals surface area contributed by atoms with E-state index in [9.17, 15) is 33.6 Å². The molecule has 0 spiro atoms. The molecule has 2 fully saturated rings. The molecule has 0 aliphatic carbocycles. The molecule has 4 heterocycles. The molecule has 2 saturated heterocycles. The second-order valence-corrected chi connectivity index (χ2v) is 5.77. The zero-order valence-corrected chi connectivity index (χ0v) is 16.6. The molecular formula is C13H23N11O7. The van der Waals surface area contributed by atoms with Crippen LogP contribution in [-0.4, -0.2) is 79.7 Å². The number of carbonyl (C=O) groups excluding carboxylic acids is 3. The van der Waals surface area contributed by atoms with E-state index in [4.69, 9.17) is 0 Å². The number of rotatable bonds is 0. The monoisotopic (exact) mass is 445 g/mol. The highest BCUT2D eigenvalue weighted by molar-refractivity contribution is 5.95. The summed E-state index contributed by atoms with van der Waals surface area (Å²) in [5.74, 6) is 0. The fraction of sp³-hybridized carbons (Fsp3) is 0.462. The van der Waals surface area contributed by atoms with Gasteiger partial charge in [0.25, 0.3) is 0 Å². The average molecular weight is 445 g/mol. The molecule has 0 unspecified atom stereocenters. The second-order valence-electron chi connectivity index (χ2n) is 5.77. The van der Waals surface area contributed by atoms with Crippen molar-refractivity contribution >= 4 is 18.1 Å². The Hall–Kier alpha value is -4.51. The number of hydrogen-bond acceptors (Lipinski definition) is 7. The fourth-order valence-corrected chi connectivity index (χ4v) is 1.79. The molecule has 9 N–H and O–H groups in total. The summed E-state index contributed by atoms with van der Waals surface area (Å²) in [6.07, 6.45) is 1.07. The van der Waals surface area contributed by atoms with Crippen molar-refractivity contribution < 1.29 is 14.4 Å². The Labute approximate surface area is 171 Å². The normalized spacial score (nSPS) is 14.6. The molecule has 18 heteroatoms. The molecule has 0 radical (unpaired) electrons. The van der Waals surface area contributed by atoms with Gasteiger partial charge in [-0.1, -0.05) is 0 Å². The number of aromatic nitrogens is 6. The fourth-order valence-electron chi connectivity index (χ4n) is 1.79. The SMILES string of the molecule is CN1CCCNC1=O.Cn1c(=O)[nH][nH]c1=O.O=C1NCNC(=O)N1.O=c1[nH][nH]c(=O)[nH]1. The Morgan fingerprint density at radius 3 is 1.45 bits per heavy atom. The number of amides is 6.